The molecule has 0 aromatic rings. The van der Waals surface area contributed by atoms with Crippen molar-refractivity contribution in [3.8, 4) is 0 Å². The molecule has 0 aliphatic carbocycles. The summed E-state index contributed by atoms with van der Waals surface area (Å²) in [6.07, 6.45) is -0.220. The number of carbonyl (C=O) groups is 1. The highest BCUT2D eigenvalue weighted by Gasteiger charge is 2.22. The zero-order valence-electron chi connectivity index (χ0n) is 3.09. The summed E-state index contributed by atoms with van der Waals surface area (Å²) < 4.78 is 8.75. The second-order valence-electron chi connectivity index (χ2n) is 0.995. The lowest BCUT2D eigenvalue weighted by Gasteiger charge is -1.80. The molecule has 1 fully saturated rings. The molecule has 0 unspecified atom stereocenters. The average molecular weight is 88.1 g/mol. The summed E-state index contributed by atoms with van der Waals surface area (Å²) in [5.74, 6) is 0. The van der Waals surface area contributed by atoms with Gasteiger partial charge in [0.25, 0.3) is 6.47 Å². The van der Waals surface area contributed by atoms with E-state index in [2.05, 4.69) is 9.47 Å². The summed E-state index contributed by atoms with van der Waals surface area (Å²) in [5, 5.41) is 0. The Bertz CT molecular complexity index is 57.1. The van der Waals surface area contributed by atoms with Gasteiger partial charge in [-0.1, -0.05) is 0 Å². The van der Waals surface area contributed by atoms with Crippen molar-refractivity contribution >= 4 is 6.47 Å². The van der Waals surface area contributed by atoms with Crippen LogP contribution in [0.3, 0.4) is 0 Å². The molecule has 1 saturated heterocycles. The second kappa shape index (κ2) is 1.26. The molecule has 0 saturated carbocycles. The number of rotatable bonds is 2. The van der Waals surface area contributed by atoms with E-state index in [-0.39, 0.29) is 6.29 Å². The van der Waals surface area contributed by atoms with Gasteiger partial charge in [0, 0.05) is 0 Å². The molecule has 1 rings (SSSR count). The summed E-state index contributed by atoms with van der Waals surface area (Å²) in [6, 6.07) is 0. The topological polar surface area (TPSA) is 38.8 Å². The van der Waals surface area contributed by atoms with Gasteiger partial charge in [-0.25, -0.2) is 0 Å². The molecule has 3 nitrogen and oxygen atoms in total. The van der Waals surface area contributed by atoms with Gasteiger partial charge in [0.2, 0.25) is 6.29 Å². The highest BCUT2D eigenvalue weighted by atomic mass is 16.8. The molecule has 0 aromatic heterocycles. The number of epoxide rings is 1. The molecule has 0 aromatic carbocycles. The molecule has 1 aliphatic rings. The van der Waals surface area contributed by atoms with Crippen LogP contribution >= 0.6 is 0 Å². The standard InChI is InChI=1S/C3H4O3/c4-2-6-3-1-5-3/h2-3H,1H2/t3-/m1/s1. The smallest absolute Gasteiger partial charge is 0.295 e. The molecule has 0 amide bonds. The van der Waals surface area contributed by atoms with Crippen LogP contribution in [0.4, 0.5) is 0 Å². The largest absolute Gasteiger partial charge is 0.435 e. The quantitative estimate of drug-likeness (QED) is 0.338. The van der Waals surface area contributed by atoms with Gasteiger partial charge >= 0.3 is 0 Å². The van der Waals surface area contributed by atoms with E-state index in [1.807, 2.05) is 0 Å². The highest BCUT2D eigenvalue weighted by molar-refractivity contribution is 5.37. The molecular formula is C3H4O3. The summed E-state index contributed by atoms with van der Waals surface area (Å²) in [4.78, 5) is 9.35. The summed E-state index contributed by atoms with van der Waals surface area (Å²) in [6.45, 7) is 0.955. The van der Waals surface area contributed by atoms with E-state index in [0.29, 0.717) is 13.1 Å². The van der Waals surface area contributed by atoms with Crippen molar-refractivity contribution in [1.29, 1.82) is 0 Å². The molecule has 1 atom stereocenters. The van der Waals surface area contributed by atoms with Gasteiger partial charge < -0.3 is 9.47 Å². The Morgan fingerprint density at radius 3 is 2.83 bits per heavy atom. The maximum atomic E-state index is 9.35. The molecule has 1 heterocycles. The molecule has 0 N–H and O–H groups in total. The number of hydrogen-bond donors (Lipinski definition) is 0. The minimum Gasteiger partial charge on any atom is -0.435 e. The van der Waals surface area contributed by atoms with Crippen LogP contribution in [0.15, 0.2) is 0 Å². The maximum absolute atomic E-state index is 9.35. The predicted octanol–water partition coefficient (Wildman–Crippen LogP) is -0.484. The van der Waals surface area contributed by atoms with Gasteiger partial charge in [-0.3, -0.25) is 4.79 Å². The van der Waals surface area contributed by atoms with Gasteiger partial charge in [0.15, 0.2) is 0 Å². The Balaban J connectivity index is 2.00. The van der Waals surface area contributed by atoms with Crippen molar-refractivity contribution in [1.82, 2.24) is 0 Å². The summed E-state index contributed by atoms with van der Waals surface area (Å²) in [5.41, 5.74) is 0. The van der Waals surface area contributed by atoms with Gasteiger partial charge in [-0.2, -0.15) is 0 Å². The molecule has 0 spiro atoms. The molecular weight excluding hydrogens is 84.0 g/mol. The molecule has 34 valence electrons. The third-order valence-corrected chi connectivity index (χ3v) is 0.510. The van der Waals surface area contributed by atoms with Crippen LogP contribution in [0.25, 0.3) is 0 Å². The normalized spacial score (nSPS) is 29.0. The highest BCUT2D eigenvalue weighted by Crippen LogP contribution is 2.07. The zero-order chi connectivity index (χ0) is 4.41. The number of hydrogen-bond acceptors (Lipinski definition) is 3. The van der Waals surface area contributed by atoms with Gasteiger partial charge in [-0.15, -0.1) is 0 Å². The second-order valence-corrected chi connectivity index (χ2v) is 0.995. The Morgan fingerprint density at radius 1 is 2.00 bits per heavy atom. The van der Waals surface area contributed by atoms with Crippen LogP contribution in [-0.2, 0) is 14.3 Å². The van der Waals surface area contributed by atoms with E-state index >= 15 is 0 Å². The fourth-order valence-corrected chi connectivity index (χ4v) is 0.180. The van der Waals surface area contributed by atoms with Crippen LogP contribution in [0.2, 0.25) is 0 Å². The summed E-state index contributed by atoms with van der Waals surface area (Å²) in [7, 11) is 0. The minimum atomic E-state index is -0.220. The van der Waals surface area contributed by atoms with Gasteiger partial charge in [-0.05, 0) is 0 Å². The van der Waals surface area contributed by atoms with Gasteiger partial charge in [0.1, 0.15) is 6.61 Å². The van der Waals surface area contributed by atoms with E-state index in [4.69, 9.17) is 0 Å². The monoisotopic (exact) mass is 88.0 g/mol. The lowest BCUT2D eigenvalue weighted by atomic mass is 10.9. The van der Waals surface area contributed by atoms with E-state index < -0.39 is 0 Å². The first kappa shape index (κ1) is 3.61. The third kappa shape index (κ3) is 0.687. The lowest BCUT2D eigenvalue weighted by molar-refractivity contribution is -0.132. The first-order valence-corrected chi connectivity index (χ1v) is 1.64. The average Bonchev–Trinajstić information content (AvgIpc) is 2.21. The zero-order valence-corrected chi connectivity index (χ0v) is 3.09. The van der Waals surface area contributed by atoms with Crippen LogP contribution in [-0.4, -0.2) is 19.4 Å². The maximum Gasteiger partial charge on any atom is 0.295 e. The minimum absolute atomic E-state index is 0.220. The Kier molecular flexibility index (Phi) is 0.759. The number of ether oxygens (including phenoxy) is 2. The van der Waals surface area contributed by atoms with Crippen molar-refractivity contribution in [2.75, 3.05) is 6.61 Å². The Hall–Kier alpha value is -0.570. The molecule has 0 radical (unpaired) electrons. The molecule has 1 aliphatic heterocycles. The van der Waals surface area contributed by atoms with Crippen LogP contribution in [0.1, 0.15) is 0 Å². The fraction of sp³-hybridized carbons (Fsp3) is 0.667. The number of carbonyl (C=O) groups excluding carboxylic acids is 1. The first-order chi connectivity index (χ1) is 2.93. The van der Waals surface area contributed by atoms with Crippen LogP contribution in [0.5, 0.6) is 0 Å². The fourth-order valence-electron chi connectivity index (χ4n) is 0.180. The molecule has 0 bridgehead atoms. The van der Waals surface area contributed by atoms with E-state index in [1.165, 1.54) is 0 Å². The summed E-state index contributed by atoms with van der Waals surface area (Å²) >= 11 is 0. The lowest BCUT2D eigenvalue weighted by Crippen LogP contribution is -1.88. The predicted molar refractivity (Wildman–Crippen MR) is 16.9 cm³/mol. The van der Waals surface area contributed by atoms with Crippen molar-refractivity contribution in [3.05, 3.63) is 0 Å². The third-order valence-electron chi connectivity index (χ3n) is 0.510. The SMILES string of the molecule is O=CO[C@@H]1CO1. The molecule has 3 heteroatoms. The van der Waals surface area contributed by atoms with E-state index in [1.54, 1.807) is 0 Å². The van der Waals surface area contributed by atoms with E-state index in [0.717, 1.165) is 0 Å². The molecule has 6 heavy (non-hydrogen) atoms. The van der Waals surface area contributed by atoms with Crippen molar-refractivity contribution in [3.63, 3.8) is 0 Å². The van der Waals surface area contributed by atoms with Crippen molar-refractivity contribution in [2.45, 2.75) is 6.29 Å². The van der Waals surface area contributed by atoms with Gasteiger partial charge in [0.05, 0.1) is 0 Å². The first-order valence-electron chi connectivity index (χ1n) is 1.64. The van der Waals surface area contributed by atoms with Crippen LogP contribution in [0, 0.1) is 0 Å². The Labute approximate surface area is 34.9 Å². The Morgan fingerprint density at radius 2 is 2.67 bits per heavy atom. The van der Waals surface area contributed by atoms with E-state index in [9.17, 15) is 4.79 Å². The van der Waals surface area contributed by atoms with Crippen molar-refractivity contribution in [2.24, 2.45) is 0 Å². The van der Waals surface area contributed by atoms with Crippen LogP contribution < -0.4 is 0 Å². The van der Waals surface area contributed by atoms with Crippen molar-refractivity contribution < 1.29 is 14.3 Å².